The van der Waals surface area contributed by atoms with Crippen molar-refractivity contribution in [1.82, 2.24) is 24.4 Å². The number of rotatable bonds is 6. The Morgan fingerprint density at radius 1 is 1.24 bits per heavy atom. The summed E-state index contributed by atoms with van der Waals surface area (Å²) in [4.78, 5) is 44.3. The Morgan fingerprint density at radius 2 is 1.97 bits per heavy atom. The Hall–Kier alpha value is -3.26. The molecule has 0 aliphatic carbocycles. The largest absolute Gasteiger partial charge is 0.355 e. The Morgan fingerprint density at radius 3 is 2.62 bits per heavy atom. The fourth-order valence-electron chi connectivity index (χ4n) is 5.11. The van der Waals surface area contributed by atoms with E-state index in [0.29, 0.717) is 47.1 Å². The van der Waals surface area contributed by atoms with Gasteiger partial charge in [0.2, 0.25) is 5.91 Å². The van der Waals surface area contributed by atoms with Gasteiger partial charge in [0.15, 0.2) is 5.65 Å². The number of hydrogen-bond acceptors (Lipinski definition) is 6. The lowest BCUT2D eigenvalue weighted by molar-refractivity contribution is -0.128. The highest BCUT2D eigenvalue weighted by atomic mass is 35.5. The molecule has 1 fully saturated rings. The van der Waals surface area contributed by atoms with Gasteiger partial charge >= 0.3 is 5.69 Å². The molecule has 3 aromatic heterocycles. The minimum atomic E-state index is -0.415. The van der Waals surface area contributed by atoms with E-state index in [-0.39, 0.29) is 23.9 Å². The van der Waals surface area contributed by atoms with Gasteiger partial charge in [0.1, 0.15) is 5.82 Å². The van der Waals surface area contributed by atoms with Crippen LogP contribution in [0, 0.1) is 6.92 Å². The number of carbonyl (C=O) groups is 1. The Kier molecular flexibility index (Phi) is 7.69. The summed E-state index contributed by atoms with van der Waals surface area (Å²) in [6, 6.07) is 3.62. The SMILES string of the molecule is C=CC(=O)N1C[C@H](C)N(c2nc(=O)n(-c3c(C)ccnc3C(C)C)c3nc(CCC)c(Cl)cc23)C[C@H]1C. The van der Waals surface area contributed by atoms with Gasteiger partial charge in [-0.1, -0.05) is 45.4 Å². The second-order valence-electron chi connectivity index (χ2n) is 10.2. The molecule has 0 aromatic carbocycles. The van der Waals surface area contributed by atoms with Crippen molar-refractivity contribution in [1.29, 1.82) is 0 Å². The summed E-state index contributed by atoms with van der Waals surface area (Å²) in [6.07, 6.45) is 4.68. The number of amides is 1. The van der Waals surface area contributed by atoms with E-state index in [2.05, 4.69) is 42.2 Å². The molecule has 0 N–H and O–H groups in total. The molecule has 1 aliphatic rings. The minimum Gasteiger partial charge on any atom is -0.349 e. The zero-order chi connectivity index (χ0) is 27.0. The molecule has 0 bridgehead atoms. The van der Waals surface area contributed by atoms with Crippen molar-refractivity contribution in [3.63, 3.8) is 0 Å². The Balaban J connectivity index is 2.00. The first-order valence-electron chi connectivity index (χ1n) is 12.9. The number of nitrogens with zero attached hydrogens (tertiary/aromatic N) is 6. The lowest BCUT2D eigenvalue weighted by atomic mass is 10.0. The molecule has 4 rings (SSSR count). The Labute approximate surface area is 223 Å². The van der Waals surface area contributed by atoms with E-state index in [9.17, 15) is 9.59 Å². The topological polar surface area (TPSA) is 84.2 Å². The number of anilines is 1. The molecule has 2 atom stereocenters. The molecular weight excluding hydrogens is 488 g/mol. The maximum atomic E-state index is 13.8. The van der Waals surface area contributed by atoms with Gasteiger partial charge in [0.25, 0.3) is 0 Å². The van der Waals surface area contributed by atoms with Gasteiger partial charge < -0.3 is 9.80 Å². The first-order valence-corrected chi connectivity index (χ1v) is 13.2. The Bertz CT molecular complexity index is 1420. The van der Waals surface area contributed by atoms with Crippen LogP contribution in [0.25, 0.3) is 16.7 Å². The predicted molar refractivity (Wildman–Crippen MR) is 149 cm³/mol. The highest BCUT2D eigenvalue weighted by Crippen LogP contribution is 2.33. The van der Waals surface area contributed by atoms with Gasteiger partial charge in [0.05, 0.1) is 27.5 Å². The average Bonchev–Trinajstić information content (AvgIpc) is 2.85. The molecule has 1 amide bonds. The first-order chi connectivity index (χ1) is 17.6. The summed E-state index contributed by atoms with van der Waals surface area (Å²) in [5.74, 6) is 0.524. The lowest BCUT2D eigenvalue weighted by Crippen LogP contribution is -2.58. The predicted octanol–water partition coefficient (Wildman–Crippen LogP) is 4.83. The molecule has 1 saturated heterocycles. The normalized spacial score (nSPS) is 18.1. The molecule has 0 unspecified atom stereocenters. The summed E-state index contributed by atoms with van der Waals surface area (Å²) in [5, 5.41) is 1.25. The van der Waals surface area contributed by atoms with Gasteiger partial charge in [-0.05, 0) is 56.9 Å². The monoisotopic (exact) mass is 522 g/mol. The number of aryl methyl sites for hydroxylation is 2. The van der Waals surface area contributed by atoms with Crippen molar-refractivity contribution in [2.75, 3.05) is 18.0 Å². The molecular formula is C28H35ClN6O2. The van der Waals surface area contributed by atoms with E-state index in [1.807, 2.05) is 32.9 Å². The van der Waals surface area contributed by atoms with Crippen LogP contribution in [0.1, 0.15) is 63.9 Å². The third kappa shape index (κ3) is 4.87. The number of fused-ring (bicyclic) bond motifs is 1. The average molecular weight is 523 g/mol. The summed E-state index contributed by atoms with van der Waals surface area (Å²) in [5.41, 5.74) is 3.30. The zero-order valence-electron chi connectivity index (χ0n) is 22.5. The van der Waals surface area contributed by atoms with Crippen molar-refractivity contribution < 1.29 is 4.79 Å². The van der Waals surface area contributed by atoms with Gasteiger partial charge in [-0.15, -0.1) is 0 Å². The van der Waals surface area contributed by atoms with E-state index in [4.69, 9.17) is 16.6 Å². The number of pyridine rings is 2. The minimum absolute atomic E-state index is 0.0773. The number of hydrogen-bond donors (Lipinski definition) is 0. The molecule has 1 aliphatic heterocycles. The summed E-state index contributed by atoms with van der Waals surface area (Å²) < 4.78 is 1.59. The van der Waals surface area contributed by atoms with Crippen LogP contribution in [0.3, 0.4) is 0 Å². The number of halogens is 1. The third-order valence-corrected chi connectivity index (χ3v) is 7.33. The van der Waals surface area contributed by atoms with Gasteiger partial charge in [-0.3, -0.25) is 9.78 Å². The van der Waals surface area contributed by atoms with E-state index in [0.717, 1.165) is 23.4 Å². The third-order valence-electron chi connectivity index (χ3n) is 7.00. The molecule has 0 radical (unpaired) electrons. The molecule has 0 saturated carbocycles. The maximum Gasteiger partial charge on any atom is 0.355 e. The van der Waals surface area contributed by atoms with Crippen molar-refractivity contribution in [2.24, 2.45) is 0 Å². The first kappa shape index (κ1) is 26.8. The molecule has 196 valence electrons. The van der Waals surface area contributed by atoms with Crippen molar-refractivity contribution >= 4 is 34.4 Å². The molecule has 3 aromatic rings. The fourth-order valence-corrected chi connectivity index (χ4v) is 5.35. The molecule has 0 spiro atoms. The highest BCUT2D eigenvalue weighted by molar-refractivity contribution is 6.32. The summed E-state index contributed by atoms with van der Waals surface area (Å²) >= 11 is 6.72. The standard InChI is InChI=1S/C28H35ClN6O2/c1-8-10-22-21(29)13-20-26(34-15-18(6)33(14-19(34)7)23(36)9-2)32-28(37)35(27(20)31-22)25-17(5)11-12-30-24(25)16(3)4/h9,11-13,16,18-19H,2,8,10,14-15H2,1,3-7H3/t18-,19+/m1/s1. The van der Waals surface area contributed by atoms with Gasteiger partial charge in [-0.2, -0.15) is 4.98 Å². The zero-order valence-corrected chi connectivity index (χ0v) is 23.2. The van der Waals surface area contributed by atoms with Crippen molar-refractivity contribution in [3.8, 4) is 5.69 Å². The van der Waals surface area contributed by atoms with Crippen LogP contribution in [0.15, 0.2) is 35.8 Å². The van der Waals surface area contributed by atoms with Crippen LogP contribution in [0.5, 0.6) is 0 Å². The molecule has 37 heavy (non-hydrogen) atoms. The quantitative estimate of drug-likeness (QED) is 0.431. The van der Waals surface area contributed by atoms with Crippen molar-refractivity contribution in [2.45, 2.75) is 72.4 Å². The van der Waals surface area contributed by atoms with Crippen molar-refractivity contribution in [3.05, 3.63) is 63.4 Å². The van der Waals surface area contributed by atoms with E-state index in [1.165, 1.54) is 6.08 Å². The molecule has 8 nitrogen and oxygen atoms in total. The summed E-state index contributed by atoms with van der Waals surface area (Å²) in [6.45, 7) is 16.8. The van der Waals surface area contributed by atoms with E-state index in [1.54, 1.807) is 15.7 Å². The van der Waals surface area contributed by atoms with Crippen LogP contribution in [-0.2, 0) is 11.2 Å². The highest BCUT2D eigenvalue weighted by Gasteiger charge is 2.34. The van der Waals surface area contributed by atoms with Crippen LogP contribution < -0.4 is 10.6 Å². The van der Waals surface area contributed by atoms with Crippen LogP contribution in [-0.4, -0.2) is 55.5 Å². The van der Waals surface area contributed by atoms with Crippen LogP contribution >= 0.6 is 11.6 Å². The van der Waals surface area contributed by atoms with Crippen LogP contribution in [0.2, 0.25) is 5.02 Å². The molecule has 4 heterocycles. The van der Waals surface area contributed by atoms with Gasteiger partial charge in [-0.25, -0.2) is 14.3 Å². The second kappa shape index (κ2) is 10.6. The fraction of sp³-hybridized carbons (Fsp3) is 0.464. The van der Waals surface area contributed by atoms with Gasteiger partial charge in [0, 0.05) is 31.4 Å². The molecule has 9 heteroatoms. The number of piperazine rings is 1. The van der Waals surface area contributed by atoms with E-state index >= 15 is 0 Å². The smallest absolute Gasteiger partial charge is 0.349 e. The number of carbonyl (C=O) groups excluding carboxylic acids is 1. The van der Waals surface area contributed by atoms with Crippen LogP contribution in [0.4, 0.5) is 5.82 Å². The van der Waals surface area contributed by atoms with E-state index < -0.39 is 5.69 Å². The maximum absolute atomic E-state index is 13.8. The lowest BCUT2D eigenvalue weighted by Gasteiger charge is -2.44. The second-order valence-corrected chi connectivity index (χ2v) is 10.6. The summed E-state index contributed by atoms with van der Waals surface area (Å²) in [7, 11) is 0. The number of aromatic nitrogens is 4.